The van der Waals surface area contributed by atoms with E-state index in [0.29, 0.717) is 48.9 Å². The van der Waals surface area contributed by atoms with Crippen molar-refractivity contribution in [2.45, 2.75) is 58.2 Å². The van der Waals surface area contributed by atoms with Gasteiger partial charge in [-0.15, -0.1) is 0 Å². The smallest absolute Gasteiger partial charge is 0.314 e. The Hall–Kier alpha value is -3.35. The second-order valence-corrected chi connectivity index (χ2v) is 10.9. The van der Waals surface area contributed by atoms with E-state index in [2.05, 4.69) is 29.2 Å². The SMILES string of the molecule is CCOC(=O)C(C)(C)[C@]1(O)CC[C@@H](Oc2cc3nc(-c4ccc(-c5ccccc5)cc4)c(Cl)cc3[nH]2)CC1. The van der Waals surface area contributed by atoms with E-state index in [0.717, 1.165) is 27.7 Å². The summed E-state index contributed by atoms with van der Waals surface area (Å²) in [5.41, 5.74) is 3.41. The number of fused-ring (bicyclic) bond motifs is 1. The van der Waals surface area contributed by atoms with Gasteiger partial charge in [0.05, 0.1) is 39.4 Å². The third-order valence-corrected chi connectivity index (χ3v) is 8.09. The molecule has 198 valence electrons. The molecule has 4 aromatic rings. The van der Waals surface area contributed by atoms with Crippen molar-refractivity contribution in [1.29, 1.82) is 0 Å². The second-order valence-electron chi connectivity index (χ2n) is 10.5. The van der Waals surface area contributed by atoms with Crippen LogP contribution in [0.15, 0.2) is 66.7 Å². The van der Waals surface area contributed by atoms with Crippen LogP contribution in [-0.4, -0.2) is 39.4 Å². The highest BCUT2D eigenvalue weighted by molar-refractivity contribution is 6.33. The maximum absolute atomic E-state index is 12.4. The number of hydrogen-bond donors (Lipinski definition) is 2. The predicted molar refractivity (Wildman–Crippen MR) is 150 cm³/mol. The van der Waals surface area contributed by atoms with Crippen LogP contribution >= 0.6 is 11.6 Å². The Morgan fingerprint density at radius 3 is 2.34 bits per heavy atom. The molecule has 1 saturated carbocycles. The molecule has 0 aliphatic heterocycles. The second kappa shape index (κ2) is 10.4. The highest BCUT2D eigenvalue weighted by Gasteiger charge is 2.51. The highest BCUT2D eigenvalue weighted by Crippen LogP contribution is 2.44. The monoisotopic (exact) mass is 532 g/mol. The molecule has 38 heavy (non-hydrogen) atoms. The van der Waals surface area contributed by atoms with E-state index >= 15 is 0 Å². The molecule has 5 rings (SSSR count). The number of ether oxygens (including phenoxy) is 2. The Bertz CT molecular complexity index is 1420. The van der Waals surface area contributed by atoms with Gasteiger partial charge in [0.1, 0.15) is 6.10 Å². The van der Waals surface area contributed by atoms with Crippen molar-refractivity contribution in [3.8, 4) is 28.3 Å². The third-order valence-electron chi connectivity index (χ3n) is 7.80. The van der Waals surface area contributed by atoms with Crippen molar-refractivity contribution in [2.75, 3.05) is 6.61 Å². The Morgan fingerprint density at radius 1 is 1.05 bits per heavy atom. The molecule has 7 heteroatoms. The predicted octanol–water partition coefficient (Wildman–Crippen LogP) is 7.19. The lowest BCUT2D eigenvalue weighted by Gasteiger charge is -2.44. The van der Waals surface area contributed by atoms with E-state index in [1.54, 1.807) is 20.8 Å². The molecule has 2 heterocycles. The van der Waals surface area contributed by atoms with Gasteiger partial charge in [-0.3, -0.25) is 4.79 Å². The number of pyridine rings is 1. The zero-order valence-corrected chi connectivity index (χ0v) is 22.7. The van der Waals surface area contributed by atoms with Gasteiger partial charge in [-0.2, -0.15) is 0 Å². The van der Waals surface area contributed by atoms with Gasteiger partial charge in [-0.1, -0.05) is 66.2 Å². The molecule has 2 aromatic heterocycles. The number of aromatic amines is 1. The molecule has 6 nitrogen and oxygen atoms in total. The number of H-pyrrole nitrogens is 1. The molecule has 0 unspecified atom stereocenters. The van der Waals surface area contributed by atoms with E-state index in [1.807, 2.05) is 42.5 Å². The Labute approximate surface area is 228 Å². The summed E-state index contributed by atoms with van der Waals surface area (Å²) in [4.78, 5) is 20.5. The minimum absolute atomic E-state index is 0.0817. The average molecular weight is 533 g/mol. The van der Waals surface area contributed by atoms with E-state index in [1.165, 1.54) is 0 Å². The topological polar surface area (TPSA) is 84.4 Å². The van der Waals surface area contributed by atoms with E-state index in [-0.39, 0.29) is 12.1 Å². The first-order valence-corrected chi connectivity index (χ1v) is 13.5. The number of halogens is 1. The van der Waals surface area contributed by atoms with Crippen molar-refractivity contribution < 1.29 is 19.4 Å². The summed E-state index contributed by atoms with van der Waals surface area (Å²) in [6, 6.07) is 22.2. The van der Waals surface area contributed by atoms with Crippen molar-refractivity contribution in [3.05, 3.63) is 71.8 Å². The van der Waals surface area contributed by atoms with Crippen molar-refractivity contribution >= 4 is 28.6 Å². The standard InChI is InChI=1S/C31H33ClN2O4/c1-4-37-29(35)30(2,3)31(36)16-14-23(15-17-31)38-27-19-26-25(33-27)18-24(32)28(34-26)22-12-10-21(11-13-22)20-8-6-5-7-9-20/h5-13,18-19,23,33,36H,4,14-17H2,1-3H3/t23-,31+. The Balaban J connectivity index is 1.29. The average Bonchev–Trinajstić information content (AvgIpc) is 3.31. The third kappa shape index (κ3) is 5.03. The first-order valence-electron chi connectivity index (χ1n) is 13.1. The first kappa shape index (κ1) is 26.3. The van der Waals surface area contributed by atoms with Crippen LogP contribution in [-0.2, 0) is 9.53 Å². The fraction of sp³-hybridized carbons (Fsp3) is 0.355. The number of rotatable bonds is 7. The number of esters is 1. The molecule has 0 radical (unpaired) electrons. The lowest BCUT2D eigenvalue weighted by atomic mass is 9.66. The van der Waals surface area contributed by atoms with Gasteiger partial charge in [0.25, 0.3) is 0 Å². The lowest BCUT2D eigenvalue weighted by molar-refractivity contribution is -0.177. The first-order chi connectivity index (χ1) is 18.2. The molecule has 0 bridgehead atoms. The quantitative estimate of drug-likeness (QED) is 0.246. The van der Waals surface area contributed by atoms with Crippen LogP contribution in [0.25, 0.3) is 33.4 Å². The van der Waals surface area contributed by atoms with Gasteiger partial charge in [0, 0.05) is 11.6 Å². The van der Waals surface area contributed by atoms with Gasteiger partial charge in [0.2, 0.25) is 0 Å². The summed E-state index contributed by atoms with van der Waals surface area (Å²) < 4.78 is 11.4. The molecule has 1 fully saturated rings. The van der Waals surface area contributed by atoms with Crippen molar-refractivity contribution in [3.63, 3.8) is 0 Å². The summed E-state index contributed by atoms with van der Waals surface area (Å²) in [6.45, 7) is 5.58. The highest BCUT2D eigenvalue weighted by atomic mass is 35.5. The molecular formula is C31H33ClN2O4. The number of hydrogen-bond acceptors (Lipinski definition) is 5. The lowest BCUT2D eigenvalue weighted by Crippen LogP contribution is -2.53. The normalized spacial score (nSPS) is 19.9. The molecule has 0 spiro atoms. The van der Waals surface area contributed by atoms with Crippen LogP contribution in [0.2, 0.25) is 5.02 Å². The summed E-state index contributed by atoms with van der Waals surface area (Å²) in [5.74, 6) is 0.242. The molecule has 1 aliphatic rings. The summed E-state index contributed by atoms with van der Waals surface area (Å²) in [5, 5.41) is 11.8. The number of aromatic nitrogens is 2. The van der Waals surface area contributed by atoms with Gasteiger partial charge < -0.3 is 19.6 Å². The van der Waals surface area contributed by atoms with Gasteiger partial charge >= 0.3 is 5.97 Å². The number of carbonyl (C=O) groups excluding carboxylic acids is 1. The number of aliphatic hydroxyl groups is 1. The number of nitrogens with one attached hydrogen (secondary N) is 1. The van der Waals surface area contributed by atoms with Crippen LogP contribution in [0.5, 0.6) is 5.88 Å². The summed E-state index contributed by atoms with van der Waals surface area (Å²) in [6.07, 6.45) is 2.08. The summed E-state index contributed by atoms with van der Waals surface area (Å²) in [7, 11) is 0. The molecule has 0 amide bonds. The van der Waals surface area contributed by atoms with Crippen LogP contribution in [0.3, 0.4) is 0 Å². The molecule has 2 N–H and O–H groups in total. The van der Waals surface area contributed by atoms with E-state index < -0.39 is 11.0 Å². The minimum atomic E-state index is -1.13. The van der Waals surface area contributed by atoms with E-state index in [4.69, 9.17) is 26.1 Å². The molecule has 1 aliphatic carbocycles. The molecule has 0 atom stereocenters. The van der Waals surface area contributed by atoms with Gasteiger partial charge in [-0.25, -0.2) is 4.98 Å². The fourth-order valence-electron chi connectivity index (χ4n) is 5.22. The number of carbonyl (C=O) groups is 1. The minimum Gasteiger partial charge on any atom is -0.476 e. The van der Waals surface area contributed by atoms with Crippen LogP contribution < -0.4 is 4.74 Å². The van der Waals surface area contributed by atoms with Gasteiger partial charge in [0.15, 0.2) is 5.88 Å². The number of benzene rings is 2. The Morgan fingerprint density at radius 2 is 1.68 bits per heavy atom. The number of nitrogens with zero attached hydrogens (tertiary/aromatic N) is 1. The van der Waals surface area contributed by atoms with Crippen LogP contribution in [0.4, 0.5) is 0 Å². The van der Waals surface area contributed by atoms with Crippen molar-refractivity contribution in [2.24, 2.45) is 5.41 Å². The molecular weight excluding hydrogens is 500 g/mol. The van der Waals surface area contributed by atoms with Crippen LogP contribution in [0.1, 0.15) is 46.5 Å². The fourth-order valence-corrected chi connectivity index (χ4v) is 5.48. The van der Waals surface area contributed by atoms with Gasteiger partial charge in [-0.05, 0) is 63.6 Å². The van der Waals surface area contributed by atoms with E-state index in [9.17, 15) is 9.90 Å². The Kier molecular flexibility index (Phi) is 7.21. The van der Waals surface area contributed by atoms with Crippen LogP contribution in [0, 0.1) is 5.41 Å². The zero-order chi connectivity index (χ0) is 26.9. The van der Waals surface area contributed by atoms with Crippen molar-refractivity contribution in [1.82, 2.24) is 9.97 Å². The maximum atomic E-state index is 12.4. The molecule has 0 saturated heterocycles. The summed E-state index contributed by atoms with van der Waals surface area (Å²) >= 11 is 6.63. The molecule has 2 aromatic carbocycles. The maximum Gasteiger partial charge on any atom is 0.314 e. The largest absolute Gasteiger partial charge is 0.476 e. The zero-order valence-electron chi connectivity index (χ0n) is 22.0.